The zero-order valence-corrected chi connectivity index (χ0v) is 9.35. The Morgan fingerprint density at radius 1 is 1.38 bits per heavy atom. The van der Waals surface area contributed by atoms with Gasteiger partial charge in [0.2, 0.25) is 0 Å². The lowest BCUT2D eigenvalue weighted by Crippen LogP contribution is -2.42. The lowest BCUT2D eigenvalue weighted by Gasteiger charge is -2.34. The normalized spacial score (nSPS) is 24.0. The smallest absolute Gasteiger partial charge is 0.0586 e. The molecule has 0 bridgehead atoms. The monoisotopic (exact) mass is 207 g/mol. The molecule has 1 fully saturated rings. The minimum Gasteiger partial charge on any atom is -0.395 e. The van der Waals surface area contributed by atoms with Crippen molar-refractivity contribution in [3.05, 3.63) is 0 Å². The summed E-state index contributed by atoms with van der Waals surface area (Å²) in [6.07, 6.45) is 6.35. The van der Waals surface area contributed by atoms with E-state index in [2.05, 4.69) is 11.8 Å². The number of likely N-dealkylation sites (tertiary alicyclic amines) is 1. The number of aliphatic hydroxyl groups excluding tert-OH is 1. The molecule has 13 heavy (non-hydrogen) atoms. The van der Waals surface area contributed by atoms with E-state index in [0.717, 1.165) is 0 Å². The van der Waals surface area contributed by atoms with Crippen molar-refractivity contribution < 1.29 is 5.11 Å². The van der Waals surface area contributed by atoms with E-state index in [0.29, 0.717) is 12.6 Å². The number of unbranched alkanes of at least 4 members (excludes halogenated alkanes) is 1. The van der Waals surface area contributed by atoms with Gasteiger partial charge in [-0.15, -0.1) is 12.4 Å². The molecule has 0 aliphatic carbocycles. The fourth-order valence-electron chi connectivity index (χ4n) is 1.92. The van der Waals surface area contributed by atoms with Gasteiger partial charge in [0.05, 0.1) is 6.61 Å². The van der Waals surface area contributed by atoms with Crippen LogP contribution in [-0.4, -0.2) is 35.7 Å². The van der Waals surface area contributed by atoms with Gasteiger partial charge in [-0.1, -0.05) is 19.8 Å². The third kappa shape index (κ3) is 4.30. The van der Waals surface area contributed by atoms with Crippen LogP contribution in [0.1, 0.15) is 39.0 Å². The zero-order valence-electron chi connectivity index (χ0n) is 8.54. The Balaban J connectivity index is 0.00000144. The van der Waals surface area contributed by atoms with E-state index < -0.39 is 0 Å². The highest BCUT2D eigenvalue weighted by Gasteiger charge is 2.20. The van der Waals surface area contributed by atoms with Crippen molar-refractivity contribution in [3.63, 3.8) is 0 Å². The molecule has 80 valence electrons. The second-order valence-electron chi connectivity index (χ2n) is 3.72. The molecular formula is C10H22ClNO. The maximum absolute atomic E-state index is 9.12. The molecule has 0 radical (unpaired) electrons. The first-order valence-corrected chi connectivity index (χ1v) is 5.23. The van der Waals surface area contributed by atoms with Crippen LogP contribution >= 0.6 is 12.4 Å². The number of rotatable bonds is 4. The molecule has 0 spiro atoms. The Bertz CT molecular complexity index is 121. The molecule has 3 heteroatoms. The van der Waals surface area contributed by atoms with E-state index in [4.69, 9.17) is 5.11 Å². The molecule has 1 unspecified atom stereocenters. The van der Waals surface area contributed by atoms with Gasteiger partial charge >= 0.3 is 0 Å². The van der Waals surface area contributed by atoms with Gasteiger partial charge in [0, 0.05) is 6.04 Å². The minimum atomic E-state index is 0. The second kappa shape index (κ2) is 7.60. The first-order chi connectivity index (χ1) is 5.88. The summed E-state index contributed by atoms with van der Waals surface area (Å²) in [5, 5.41) is 9.12. The van der Waals surface area contributed by atoms with Gasteiger partial charge in [-0.2, -0.15) is 0 Å². The van der Waals surface area contributed by atoms with Crippen molar-refractivity contribution in [3.8, 4) is 0 Å². The number of hydrogen-bond acceptors (Lipinski definition) is 2. The average Bonchev–Trinajstić information content (AvgIpc) is 2.15. The highest BCUT2D eigenvalue weighted by atomic mass is 35.5. The van der Waals surface area contributed by atoms with Crippen LogP contribution in [0.2, 0.25) is 0 Å². The first kappa shape index (κ1) is 13.2. The molecule has 0 aromatic rings. The molecule has 0 aromatic heterocycles. The largest absolute Gasteiger partial charge is 0.395 e. The molecule has 1 heterocycles. The van der Waals surface area contributed by atoms with Crippen LogP contribution in [0.4, 0.5) is 0 Å². The third-order valence-electron chi connectivity index (χ3n) is 2.76. The van der Waals surface area contributed by atoms with E-state index in [9.17, 15) is 0 Å². The molecule has 1 aliphatic heterocycles. The van der Waals surface area contributed by atoms with Crippen molar-refractivity contribution in [2.45, 2.75) is 45.1 Å². The summed E-state index contributed by atoms with van der Waals surface area (Å²) in [6, 6.07) is 0.463. The van der Waals surface area contributed by atoms with E-state index in [-0.39, 0.29) is 12.4 Å². The van der Waals surface area contributed by atoms with Crippen LogP contribution in [0.15, 0.2) is 0 Å². The lowest BCUT2D eigenvalue weighted by molar-refractivity contribution is 0.0891. The Kier molecular flexibility index (Phi) is 7.72. The number of halogens is 1. The van der Waals surface area contributed by atoms with Crippen LogP contribution in [0.25, 0.3) is 0 Å². The number of nitrogens with zero attached hydrogens (tertiary/aromatic N) is 1. The molecule has 1 aliphatic rings. The molecule has 0 saturated carbocycles. The Hall–Kier alpha value is 0.210. The summed E-state index contributed by atoms with van der Waals surface area (Å²) in [7, 11) is 0. The summed E-state index contributed by atoms with van der Waals surface area (Å²) >= 11 is 0. The summed E-state index contributed by atoms with van der Waals surface area (Å²) in [5.41, 5.74) is 0. The minimum absolute atomic E-state index is 0. The maximum atomic E-state index is 9.12. The standard InChI is InChI=1S/C10H21NO.ClH/c1-2-3-7-11-8-5-4-6-10(11)9-12;/h10,12H,2-9H2,1H3;1H. The fraction of sp³-hybridized carbons (Fsp3) is 1.00. The highest BCUT2D eigenvalue weighted by Crippen LogP contribution is 2.16. The number of piperidine rings is 1. The Morgan fingerprint density at radius 3 is 2.77 bits per heavy atom. The van der Waals surface area contributed by atoms with Crippen LogP contribution in [0.3, 0.4) is 0 Å². The summed E-state index contributed by atoms with van der Waals surface area (Å²) in [4.78, 5) is 2.45. The number of hydrogen-bond donors (Lipinski definition) is 1. The van der Waals surface area contributed by atoms with Crippen molar-refractivity contribution in [1.29, 1.82) is 0 Å². The third-order valence-corrected chi connectivity index (χ3v) is 2.76. The van der Waals surface area contributed by atoms with Crippen molar-refractivity contribution in [1.82, 2.24) is 4.90 Å². The fourth-order valence-corrected chi connectivity index (χ4v) is 1.92. The van der Waals surface area contributed by atoms with Crippen molar-refractivity contribution in [2.75, 3.05) is 19.7 Å². The molecule has 0 aromatic carbocycles. The van der Waals surface area contributed by atoms with E-state index in [1.165, 1.54) is 45.2 Å². The number of aliphatic hydroxyl groups is 1. The molecule has 1 atom stereocenters. The Morgan fingerprint density at radius 2 is 2.15 bits per heavy atom. The van der Waals surface area contributed by atoms with Crippen LogP contribution < -0.4 is 0 Å². The first-order valence-electron chi connectivity index (χ1n) is 5.23. The van der Waals surface area contributed by atoms with E-state index in [1.54, 1.807) is 0 Å². The predicted octanol–water partition coefficient (Wildman–Crippen LogP) is 2.06. The summed E-state index contributed by atoms with van der Waals surface area (Å²) in [5.74, 6) is 0. The zero-order chi connectivity index (χ0) is 8.81. The molecule has 1 N–H and O–H groups in total. The Labute approximate surface area is 87.7 Å². The topological polar surface area (TPSA) is 23.5 Å². The molecule has 1 saturated heterocycles. The van der Waals surface area contributed by atoms with Gasteiger partial charge in [0.25, 0.3) is 0 Å². The van der Waals surface area contributed by atoms with Crippen LogP contribution in [0.5, 0.6) is 0 Å². The molecular weight excluding hydrogens is 186 g/mol. The highest BCUT2D eigenvalue weighted by molar-refractivity contribution is 5.85. The maximum Gasteiger partial charge on any atom is 0.0586 e. The van der Waals surface area contributed by atoms with Crippen molar-refractivity contribution >= 4 is 12.4 Å². The van der Waals surface area contributed by atoms with Gasteiger partial charge in [-0.25, -0.2) is 0 Å². The van der Waals surface area contributed by atoms with Crippen LogP contribution in [-0.2, 0) is 0 Å². The van der Waals surface area contributed by atoms with Crippen LogP contribution in [0, 0.1) is 0 Å². The molecule has 0 amide bonds. The summed E-state index contributed by atoms with van der Waals surface area (Å²) < 4.78 is 0. The molecule has 1 rings (SSSR count). The lowest BCUT2D eigenvalue weighted by atomic mass is 10.0. The SMILES string of the molecule is CCCCN1CCCCC1CO.Cl. The van der Waals surface area contributed by atoms with Gasteiger partial charge < -0.3 is 5.11 Å². The average molecular weight is 208 g/mol. The van der Waals surface area contributed by atoms with Gasteiger partial charge in [-0.05, 0) is 32.4 Å². The van der Waals surface area contributed by atoms with Crippen molar-refractivity contribution in [2.24, 2.45) is 0 Å². The predicted molar refractivity (Wildman–Crippen MR) is 58.5 cm³/mol. The van der Waals surface area contributed by atoms with Gasteiger partial charge in [0.15, 0.2) is 0 Å². The quantitative estimate of drug-likeness (QED) is 0.763. The van der Waals surface area contributed by atoms with E-state index in [1.807, 2.05) is 0 Å². The second-order valence-corrected chi connectivity index (χ2v) is 3.72. The molecule has 2 nitrogen and oxygen atoms in total. The van der Waals surface area contributed by atoms with Gasteiger partial charge in [0.1, 0.15) is 0 Å². The summed E-state index contributed by atoms with van der Waals surface area (Å²) in [6.45, 7) is 4.95. The van der Waals surface area contributed by atoms with Gasteiger partial charge in [-0.3, -0.25) is 4.90 Å². The van der Waals surface area contributed by atoms with E-state index >= 15 is 0 Å².